The number of hydrogen-bond acceptors (Lipinski definition) is 2. The lowest BCUT2D eigenvalue weighted by molar-refractivity contribution is 0.0859. The van der Waals surface area contributed by atoms with Gasteiger partial charge in [0, 0.05) is 6.61 Å². The van der Waals surface area contributed by atoms with E-state index in [1.54, 1.807) is 0 Å². The van der Waals surface area contributed by atoms with Gasteiger partial charge in [-0.3, -0.25) is 0 Å². The fourth-order valence-electron chi connectivity index (χ4n) is 2.82. The molecule has 0 spiro atoms. The summed E-state index contributed by atoms with van der Waals surface area (Å²) in [6.45, 7) is 5.64. The summed E-state index contributed by atoms with van der Waals surface area (Å²) >= 11 is 0. The molecular formula is C12H25NO. The minimum Gasteiger partial charge on any atom is -0.396 e. The minimum absolute atomic E-state index is 0.252. The second-order valence-electron chi connectivity index (χ2n) is 5.28. The van der Waals surface area contributed by atoms with Crippen molar-refractivity contribution in [3.05, 3.63) is 0 Å². The van der Waals surface area contributed by atoms with Gasteiger partial charge in [0.2, 0.25) is 0 Å². The van der Waals surface area contributed by atoms with Gasteiger partial charge in [-0.15, -0.1) is 0 Å². The molecule has 1 rings (SSSR count). The largest absolute Gasteiger partial charge is 0.396 e. The smallest absolute Gasteiger partial charge is 0.0436 e. The molecule has 2 heteroatoms. The fourth-order valence-corrected chi connectivity index (χ4v) is 2.82. The Hall–Kier alpha value is -0.0800. The van der Waals surface area contributed by atoms with Crippen molar-refractivity contribution in [2.75, 3.05) is 13.2 Å². The van der Waals surface area contributed by atoms with Gasteiger partial charge in [0.25, 0.3) is 0 Å². The first kappa shape index (κ1) is 12.0. The summed E-state index contributed by atoms with van der Waals surface area (Å²) < 4.78 is 0. The number of aliphatic hydroxyl groups excluding tert-OH is 1. The fraction of sp³-hybridized carbons (Fsp3) is 1.00. The van der Waals surface area contributed by atoms with E-state index in [0.717, 1.165) is 24.8 Å². The summed E-state index contributed by atoms with van der Waals surface area (Å²) in [7, 11) is 0. The van der Waals surface area contributed by atoms with Crippen molar-refractivity contribution in [2.24, 2.45) is 23.0 Å². The monoisotopic (exact) mass is 199 g/mol. The lowest BCUT2D eigenvalue weighted by Gasteiger charge is -2.41. The zero-order valence-electron chi connectivity index (χ0n) is 9.63. The Labute approximate surface area is 87.9 Å². The van der Waals surface area contributed by atoms with Crippen molar-refractivity contribution >= 4 is 0 Å². The zero-order chi connectivity index (χ0) is 10.6. The van der Waals surface area contributed by atoms with E-state index in [2.05, 4.69) is 13.8 Å². The molecule has 3 N–H and O–H groups in total. The summed E-state index contributed by atoms with van der Waals surface area (Å²) in [5.41, 5.74) is 6.13. The van der Waals surface area contributed by atoms with E-state index >= 15 is 0 Å². The predicted octanol–water partition coefficient (Wildman–Crippen LogP) is 2.16. The topological polar surface area (TPSA) is 46.2 Å². The van der Waals surface area contributed by atoms with Gasteiger partial charge in [0.1, 0.15) is 0 Å². The highest BCUT2D eigenvalue weighted by molar-refractivity contribution is 4.88. The van der Waals surface area contributed by atoms with Gasteiger partial charge in [0.05, 0.1) is 0 Å². The SMILES string of the molecule is CC(C)C1CCCC(CN)(CCO)C1. The number of hydrogen-bond donors (Lipinski definition) is 2. The number of nitrogens with two attached hydrogens (primary N) is 1. The molecule has 84 valence electrons. The lowest BCUT2D eigenvalue weighted by atomic mass is 9.65. The molecule has 0 bridgehead atoms. The molecule has 2 atom stereocenters. The Morgan fingerprint density at radius 1 is 1.50 bits per heavy atom. The van der Waals surface area contributed by atoms with Crippen LogP contribution < -0.4 is 5.73 Å². The third-order valence-corrected chi connectivity index (χ3v) is 4.00. The summed E-state index contributed by atoms with van der Waals surface area (Å²) in [6.07, 6.45) is 5.98. The molecule has 2 nitrogen and oxygen atoms in total. The molecule has 0 heterocycles. The molecular weight excluding hydrogens is 174 g/mol. The average Bonchev–Trinajstić information content (AvgIpc) is 2.18. The van der Waals surface area contributed by atoms with Gasteiger partial charge < -0.3 is 10.8 Å². The molecule has 1 aliphatic rings. The van der Waals surface area contributed by atoms with Crippen LogP contribution in [0.1, 0.15) is 46.0 Å². The summed E-state index contributed by atoms with van der Waals surface area (Å²) in [4.78, 5) is 0. The normalized spacial score (nSPS) is 33.6. The molecule has 1 fully saturated rings. The van der Waals surface area contributed by atoms with Crippen LogP contribution in [0.25, 0.3) is 0 Å². The molecule has 0 aromatic rings. The highest BCUT2D eigenvalue weighted by Crippen LogP contribution is 2.43. The molecule has 0 saturated heterocycles. The van der Waals surface area contributed by atoms with E-state index in [9.17, 15) is 0 Å². The van der Waals surface area contributed by atoms with E-state index in [4.69, 9.17) is 10.8 Å². The molecule has 0 aliphatic heterocycles. The summed E-state index contributed by atoms with van der Waals surface area (Å²) in [6, 6.07) is 0. The van der Waals surface area contributed by atoms with Crippen LogP contribution in [-0.2, 0) is 0 Å². The van der Waals surface area contributed by atoms with Crippen LogP contribution in [0, 0.1) is 17.3 Å². The summed E-state index contributed by atoms with van der Waals surface area (Å²) in [5.74, 6) is 1.58. The zero-order valence-corrected chi connectivity index (χ0v) is 9.63. The van der Waals surface area contributed by atoms with Crippen molar-refractivity contribution in [1.29, 1.82) is 0 Å². The van der Waals surface area contributed by atoms with Crippen molar-refractivity contribution in [2.45, 2.75) is 46.0 Å². The van der Waals surface area contributed by atoms with Crippen molar-refractivity contribution in [3.8, 4) is 0 Å². The van der Waals surface area contributed by atoms with Gasteiger partial charge in [0.15, 0.2) is 0 Å². The second-order valence-corrected chi connectivity index (χ2v) is 5.28. The second kappa shape index (κ2) is 5.13. The van der Waals surface area contributed by atoms with Gasteiger partial charge in [-0.2, -0.15) is 0 Å². The molecule has 0 amide bonds. The van der Waals surface area contributed by atoms with Crippen LogP contribution in [0.3, 0.4) is 0 Å². The first-order valence-electron chi connectivity index (χ1n) is 5.94. The van der Waals surface area contributed by atoms with Gasteiger partial charge in [-0.05, 0) is 43.1 Å². The molecule has 0 aromatic carbocycles. The molecule has 14 heavy (non-hydrogen) atoms. The highest BCUT2D eigenvalue weighted by atomic mass is 16.3. The molecule has 1 saturated carbocycles. The number of aliphatic hydroxyl groups is 1. The molecule has 0 aromatic heterocycles. The maximum absolute atomic E-state index is 9.08. The van der Waals surface area contributed by atoms with Gasteiger partial charge >= 0.3 is 0 Å². The van der Waals surface area contributed by atoms with E-state index in [1.807, 2.05) is 0 Å². The van der Waals surface area contributed by atoms with E-state index in [-0.39, 0.29) is 5.41 Å². The van der Waals surface area contributed by atoms with Crippen LogP contribution in [-0.4, -0.2) is 18.3 Å². The molecule has 0 radical (unpaired) electrons. The van der Waals surface area contributed by atoms with Crippen molar-refractivity contribution in [3.63, 3.8) is 0 Å². The lowest BCUT2D eigenvalue weighted by Crippen LogP contribution is -2.37. The Morgan fingerprint density at radius 3 is 2.71 bits per heavy atom. The van der Waals surface area contributed by atoms with Crippen LogP contribution in [0.15, 0.2) is 0 Å². The Balaban J connectivity index is 2.59. The Kier molecular flexibility index (Phi) is 4.39. The third-order valence-electron chi connectivity index (χ3n) is 4.00. The van der Waals surface area contributed by atoms with E-state index < -0.39 is 0 Å². The molecule has 2 unspecified atom stereocenters. The number of rotatable bonds is 4. The van der Waals surface area contributed by atoms with E-state index in [1.165, 1.54) is 25.7 Å². The van der Waals surface area contributed by atoms with Crippen LogP contribution in [0.4, 0.5) is 0 Å². The Bertz CT molecular complexity index is 166. The maximum atomic E-state index is 9.08. The average molecular weight is 199 g/mol. The van der Waals surface area contributed by atoms with Crippen LogP contribution >= 0.6 is 0 Å². The first-order valence-corrected chi connectivity index (χ1v) is 5.94. The minimum atomic E-state index is 0.252. The predicted molar refractivity (Wildman–Crippen MR) is 60.0 cm³/mol. The van der Waals surface area contributed by atoms with Crippen LogP contribution in [0.2, 0.25) is 0 Å². The molecule has 1 aliphatic carbocycles. The maximum Gasteiger partial charge on any atom is 0.0436 e. The Morgan fingerprint density at radius 2 is 2.21 bits per heavy atom. The third kappa shape index (κ3) is 2.71. The van der Waals surface area contributed by atoms with E-state index in [0.29, 0.717) is 6.61 Å². The first-order chi connectivity index (χ1) is 6.63. The van der Waals surface area contributed by atoms with Crippen molar-refractivity contribution in [1.82, 2.24) is 0 Å². The van der Waals surface area contributed by atoms with Gasteiger partial charge in [-0.25, -0.2) is 0 Å². The highest BCUT2D eigenvalue weighted by Gasteiger charge is 2.35. The van der Waals surface area contributed by atoms with Gasteiger partial charge in [-0.1, -0.05) is 26.7 Å². The quantitative estimate of drug-likeness (QED) is 0.729. The van der Waals surface area contributed by atoms with Crippen molar-refractivity contribution < 1.29 is 5.11 Å². The summed E-state index contributed by atoms with van der Waals surface area (Å²) in [5, 5.41) is 9.08. The standard InChI is InChI=1S/C12H25NO/c1-10(2)11-4-3-5-12(8-11,9-13)6-7-14/h10-11,14H,3-9,13H2,1-2H3. The van der Waals surface area contributed by atoms with Crippen LogP contribution in [0.5, 0.6) is 0 Å².